The van der Waals surface area contributed by atoms with Gasteiger partial charge in [-0.15, -0.1) is 11.3 Å². The fraction of sp³-hybridized carbons (Fsp3) is 0.500. The molecule has 3 N–H and O–H groups in total. The summed E-state index contributed by atoms with van der Waals surface area (Å²) in [6, 6.07) is 10.9. The molecule has 0 bridgehead atoms. The molecule has 1 aromatic carbocycles. The van der Waals surface area contributed by atoms with Gasteiger partial charge in [0.25, 0.3) is 0 Å². The largest absolute Gasteiger partial charge is 0.390 e. The highest BCUT2D eigenvalue weighted by Gasteiger charge is 2.29. The van der Waals surface area contributed by atoms with Gasteiger partial charge < -0.3 is 25.5 Å². The van der Waals surface area contributed by atoms with Crippen LogP contribution in [0.4, 0.5) is 23.1 Å². The van der Waals surface area contributed by atoms with Gasteiger partial charge in [-0.05, 0) is 75.4 Å². The van der Waals surface area contributed by atoms with Gasteiger partial charge in [0.05, 0.1) is 15.8 Å². The van der Waals surface area contributed by atoms with Crippen LogP contribution < -0.4 is 15.5 Å². The first-order chi connectivity index (χ1) is 15.4. The number of piperazine rings is 1. The van der Waals surface area contributed by atoms with Crippen molar-refractivity contribution < 1.29 is 5.11 Å². The summed E-state index contributed by atoms with van der Waals surface area (Å²) in [4.78, 5) is 14.3. The zero-order valence-corrected chi connectivity index (χ0v) is 19.7. The summed E-state index contributed by atoms with van der Waals surface area (Å²) in [5.74, 6) is 1.49. The molecule has 2 fully saturated rings. The Bertz CT molecular complexity index is 1050. The van der Waals surface area contributed by atoms with Crippen LogP contribution in [0.25, 0.3) is 10.2 Å². The van der Waals surface area contributed by atoms with Crippen LogP contribution in [0.5, 0.6) is 0 Å². The molecule has 0 amide bonds. The third kappa shape index (κ3) is 4.82. The van der Waals surface area contributed by atoms with E-state index in [9.17, 15) is 5.11 Å². The minimum atomic E-state index is -0.537. The fourth-order valence-electron chi connectivity index (χ4n) is 4.54. The molecule has 2 aliphatic rings. The summed E-state index contributed by atoms with van der Waals surface area (Å²) in [5.41, 5.74) is 2.66. The van der Waals surface area contributed by atoms with Crippen LogP contribution in [-0.2, 0) is 0 Å². The van der Waals surface area contributed by atoms with Crippen molar-refractivity contribution in [2.75, 3.05) is 48.8 Å². The van der Waals surface area contributed by atoms with Crippen molar-refractivity contribution in [1.29, 1.82) is 0 Å². The molecule has 1 aliphatic heterocycles. The van der Waals surface area contributed by atoms with Crippen molar-refractivity contribution in [3.63, 3.8) is 0 Å². The topological polar surface area (TPSA) is 76.5 Å². The molecule has 5 rings (SSSR count). The van der Waals surface area contributed by atoms with Gasteiger partial charge in [0.1, 0.15) is 5.82 Å². The molecule has 0 unspecified atom stereocenters. The number of hydrogen-bond acceptors (Lipinski definition) is 8. The molecule has 8 heteroatoms. The average molecular weight is 453 g/mol. The third-order valence-electron chi connectivity index (χ3n) is 6.70. The minimum Gasteiger partial charge on any atom is -0.390 e. The summed E-state index contributed by atoms with van der Waals surface area (Å²) < 4.78 is 1.08. The second-order valence-electron chi connectivity index (χ2n) is 9.41. The Hall–Kier alpha value is -2.42. The molecule has 1 saturated heterocycles. The molecular formula is C24H32N6OS. The monoisotopic (exact) mass is 452 g/mol. The molecule has 0 atom stereocenters. The maximum Gasteiger partial charge on any atom is 0.229 e. The highest BCUT2D eigenvalue weighted by molar-refractivity contribution is 7.17. The first kappa shape index (κ1) is 21.4. The van der Waals surface area contributed by atoms with Crippen molar-refractivity contribution in [3.05, 3.63) is 35.7 Å². The zero-order chi connectivity index (χ0) is 22.1. The predicted octanol–water partition coefficient (Wildman–Crippen LogP) is 4.29. The Kier molecular flexibility index (Phi) is 5.92. The number of rotatable bonds is 5. The van der Waals surface area contributed by atoms with Crippen LogP contribution >= 0.6 is 11.3 Å². The standard InChI is InChI=1S/C24H32N6OS/c1-24(31)10-7-18(8-11-24)25-22-21-20(9-16-32-21)27-23(28-22)26-17-3-5-19(6-4-17)30-14-12-29(2)13-15-30/h3-6,9,16,18,31H,7-8,10-15H2,1-2H3,(H2,25,26,27,28)/t18-,24-. The van der Waals surface area contributed by atoms with Crippen LogP contribution in [0.3, 0.4) is 0 Å². The lowest BCUT2D eigenvalue weighted by Gasteiger charge is -2.34. The van der Waals surface area contributed by atoms with E-state index in [0.717, 1.165) is 73.6 Å². The smallest absolute Gasteiger partial charge is 0.229 e. The Morgan fingerprint density at radius 1 is 1.03 bits per heavy atom. The number of benzene rings is 1. The summed E-state index contributed by atoms with van der Waals surface area (Å²) >= 11 is 1.66. The number of fused-ring (bicyclic) bond motifs is 1. The lowest BCUT2D eigenvalue weighted by atomic mass is 9.84. The Labute approximate surface area is 193 Å². The van der Waals surface area contributed by atoms with Gasteiger partial charge in [-0.25, -0.2) is 4.98 Å². The highest BCUT2D eigenvalue weighted by Crippen LogP contribution is 2.33. The van der Waals surface area contributed by atoms with Crippen LogP contribution in [0.1, 0.15) is 32.6 Å². The van der Waals surface area contributed by atoms with E-state index in [1.165, 1.54) is 5.69 Å². The first-order valence-electron chi connectivity index (χ1n) is 11.5. The maximum atomic E-state index is 10.3. The van der Waals surface area contributed by atoms with Gasteiger partial charge in [-0.2, -0.15) is 4.98 Å². The van der Waals surface area contributed by atoms with E-state index in [4.69, 9.17) is 9.97 Å². The average Bonchev–Trinajstić information content (AvgIpc) is 3.25. The van der Waals surface area contributed by atoms with Crippen molar-refractivity contribution in [2.24, 2.45) is 0 Å². The van der Waals surface area contributed by atoms with Crippen molar-refractivity contribution in [3.8, 4) is 0 Å². The molecule has 170 valence electrons. The van der Waals surface area contributed by atoms with Gasteiger partial charge in [0, 0.05) is 43.6 Å². The molecule has 0 radical (unpaired) electrons. The molecular weight excluding hydrogens is 420 g/mol. The van der Waals surface area contributed by atoms with E-state index in [1.807, 2.05) is 13.0 Å². The van der Waals surface area contributed by atoms with Gasteiger partial charge in [0.2, 0.25) is 5.95 Å². The summed E-state index contributed by atoms with van der Waals surface area (Å²) in [6.07, 6.45) is 3.52. The lowest BCUT2D eigenvalue weighted by molar-refractivity contribution is 0.0196. The van der Waals surface area contributed by atoms with Gasteiger partial charge >= 0.3 is 0 Å². The number of anilines is 4. The highest BCUT2D eigenvalue weighted by atomic mass is 32.1. The second-order valence-corrected chi connectivity index (χ2v) is 10.3. The minimum absolute atomic E-state index is 0.325. The Morgan fingerprint density at radius 2 is 1.75 bits per heavy atom. The van der Waals surface area contributed by atoms with Gasteiger partial charge in [-0.1, -0.05) is 0 Å². The van der Waals surface area contributed by atoms with Crippen molar-refractivity contribution >= 4 is 44.7 Å². The summed E-state index contributed by atoms with van der Waals surface area (Å²) in [7, 11) is 2.18. The number of aromatic nitrogens is 2. The molecule has 2 aromatic heterocycles. The third-order valence-corrected chi connectivity index (χ3v) is 7.61. The maximum absolute atomic E-state index is 10.3. The fourth-order valence-corrected chi connectivity index (χ4v) is 5.33. The molecule has 3 aromatic rings. The van der Waals surface area contributed by atoms with E-state index >= 15 is 0 Å². The summed E-state index contributed by atoms with van der Waals surface area (Å²) in [6.45, 7) is 6.26. The Morgan fingerprint density at radius 3 is 2.47 bits per heavy atom. The van der Waals surface area contributed by atoms with E-state index in [0.29, 0.717) is 12.0 Å². The van der Waals surface area contributed by atoms with Crippen LogP contribution in [-0.4, -0.2) is 64.8 Å². The molecule has 3 heterocycles. The number of nitrogens with one attached hydrogen (secondary N) is 2. The van der Waals surface area contributed by atoms with Gasteiger partial charge in [0.15, 0.2) is 0 Å². The molecule has 32 heavy (non-hydrogen) atoms. The van der Waals surface area contributed by atoms with E-state index in [2.05, 4.69) is 57.1 Å². The summed E-state index contributed by atoms with van der Waals surface area (Å²) in [5, 5.41) is 19.3. The number of thiophene rings is 1. The zero-order valence-electron chi connectivity index (χ0n) is 18.8. The molecule has 1 aliphatic carbocycles. The Balaban J connectivity index is 1.30. The van der Waals surface area contributed by atoms with E-state index in [1.54, 1.807) is 11.3 Å². The molecule has 1 saturated carbocycles. The van der Waals surface area contributed by atoms with Crippen molar-refractivity contribution in [1.82, 2.24) is 14.9 Å². The number of aliphatic hydroxyl groups is 1. The quantitative estimate of drug-likeness (QED) is 0.533. The lowest BCUT2D eigenvalue weighted by Crippen LogP contribution is -2.44. The first-order valence-corrected chi connectivity index (χ1v) is 12.4. The molecule has 0 spiro atoms. The van der Waals surface area contributed by atoms with E-state index < -0.39 is 5.60 Å². The number of hydrogen-bond donors (Lipinski definition) is 3. The van der Waals surface area contributed by atoms with Crippen molar-refractivity contribution in [2.45, 2.75) is 44.2 Å². The SMILES string of the molecule is CN1CCN(c2ccc(Nc3nc(N[C@H]4CC[C@](C)(O)CC4)c4sccc4n3)cc2)CC1. The second kappa shape index (κ2) is 8.84. The number of nitrogens with zero attached hydrogens (tertiary/aromatic N) is 4. The molecule has 7 nitrogen and oxygen atoms in total. The van der Waals surface area contributed by atoms with Crippen LogP contribution in [0.2, 0.25) is 0 Å². The van der Waals surface area contributed by atoms with E-state index in [-0.39, 0.29) is 0 Å². The normalized spacial score (nSPS) is 24.6. The van der Waals surface area contributed by atoms with Gasteiger partial charge in [-0.3, -0.25) is 0 Å². The number of likely N-dealkylation sites (N-methyl/N-ethyl adjacent to an activating group) is 1. The van der Waals surface area contributed by atoms with Crippen LogP contribution in [0.15, 0.2) is 35.7 Å². The predicted molar refractivity (Wildman–Crippen MR) is 133 cm³/mol. The van der Waals surface area contributed by atoms with Crippen LogP contribution in [0, 0.1) is 0 Å².